The van der Waals surface area contributed by atoms with Gasteiger partial charge in [0.15, 0.2) is 0 Å². The van der Waals surface area contributed by atoms with Crippen LogP contribution in [0.4, 0.5) is 5.69 Å². The first kappa shape index (κ1) is 13.1. The molecule has 0 atom stereocenters. The minimum absolute atomic E-state index is 0.0991. The maximum absolute atomic E-state index is 11.2. The van der Waals surface area contributed by atoms with Gasteiger partial charge in [-0.3, -0.25) is 4.79 Å². The Hall–Kier alpha value is -1.39. The van der Waals surface area contributed by atoms with Gasteiger partial charge in [0.05, 0.1) is 6.42 Å². The zero-order valence-electron chi connectivity index (χ0n) is 10.7. The lowest BCUT2D eigenvalue weighted by atomic mass is 10.1. The van der Waals surface area contributed by atoms with Crippen molar-refractivity contribution < 1.29 is 4.79 Å². The number of rotatable bonds is 7. The minimum atomic E-state index is 0.0991. The average Bonchev–Trinajstić information content (AvgIpc) is 2.73. The Morgan fingerprint density at radius 3 is 3.00 bits per heavy atom. The Labute approximate surface area is 108 Å². The van der Waals surface area contributed by atoms with Gasteiger partial charge < -0.3 is 16.4 Å². The van der Waals surface area contributed by atoms with E-state index < -0.39 is 0 Å². The number of hydrogen-bond acceptors (Lipinski definition) is 3. The molecule has 1 aromatic carbocycles. The van der Waals surface area contributed by atoms with Crippen molar-refractivity contribution in [3.8, 4) is 0 Å². The van der Waals surface area contributed by atoms with E-state index in [0.29, 0.717) is 6.42 Å². The number of nitrogens with two attached hydrogens (primary N) is 1. The van der Waals surface area contributed by atoms with Crippen molar-refractivity contribution >= 4 is 11.6 Å². The fourth-order valence-electron chi connectivity index (χ4n) is 2.19. The van der Waals surface area contributed by atoms with Gasteiger partial charge in [-0.2, -0.15) is 0 Å². The summed E-state index contributed by atoms with van der Waals surface area (Å²) in [6.45, 7) is 2.78. The molecular weight excluding hydrogens is 226 g/mol. The van der Waals surface area contributed by atoms with Gasteiger partial charge in [0.1, 0.15) is 0 Å². The lowest BCUT2D eigenvalue weighted by molar-refractivity contribution is -0.115. The van der Waals surface area contributed by atoms with E-state index in [1.807, 2.05) is 6.07 Å². The van der Waals surface area contributed by atoms with Crippen molar-refractivity contribution in [2.75, 3.05) is 25.0 Å². The average molecular weight is 247 g/mol. The van der Waals surface area contributed by atoms with E-state index in [1.54, 1.807) is 0 Å². The summed E-state index contributed by atoms with van der Waals surface area (Å²) < 4.78 is 0. The predicted molar refractivity (Wildman–Crippen MR) is 73.6 cm³/mol. The number of fused-ring (bicyclic) bond motifs is 1. The number of benzene rings is 1. The molecule has 98 valence electrons. The van der Waals surface area contributed by atoms with Crippen LogP contribution in [0.15, 0.2) is 18.2 Å². The van der Waals surface area contributed by atoms with Gasteiger partial charge in [-0.05, 0) is 56.1 Å². The molecule has 1 aromatic rings. The Morgan fingerprint density at radius 2 is 2.17 bits per heavy atom. The normalized spacial score (nSPS) is 13.5. The van der Waals surface area contributed by atoms with Gasteiger partial charge >= 0.3 is 0 Å². The van der Waals surface area contributed by atoms with Crippen LogP contribution in [0.1, 0.15) is 24.0 Å². The summed E-state index contributed by atoms with van der Waals surface area (Å²) in [4.78, 5) is 11.2. The molecular formula is C14H21N3O. The summed E-state index contributed by atoms with van der Waals surface area (Å²) in [5.41, 5.74) is 8.82. The summed E-state index contributed by atoms with van der Waals surface area (Å²) in [6.07, 6.45) is 3.75. The van der Waals surface area contributed by atoms with Crippen molar-refractivity contribution in [1.29, 1.82) is 0 Å². The zero-order valence-corrected chi connectivity index (χ0v) is 10.7. The fourth-order valence-corrected chi connectivity index (χ4v) is 2.19. The van der Waals surface area contributed by atoms with E-state index in [1.165, 1.54) is 5.56 Å². The molecule has 4 N–H and O–H groups in total. The first-order chi connectivity index (χ1) is 8.79. The maximum atomic E-state index is 11.2. The summed E-state index contributed by atoms with van der Waals surface area (Å²) >= 11 is 0. The van der Waals surface area contributed by atoms with Crippen molar-refractivity contribution in [2.45, 2.75) is 25.7 Å². The number of nitrogens with one attached hydrogen (secondary N) is 2. The van der Waals surface area contributed by atoms with Gasteiger partial charge in [-0.15, -0.1) is 0 Å². The highest BCUT2D eigenvalue weighted by molar-refractivity contribution is 5.99. The molecule has 0 saturated carbocycles. The Bertz CT molecular complexity index is 418. The third-order valence-electron chi connectivity index (χ3n) is 3.19. The molecule has 1 heterocycles. The molecule has 0 bridgehead atoms. The lowest BCUT2D eigenvalue weighted by Crippen LogP contribution is -2.19. The Balaban J connectivity index is 1.74. The number of carbonyl (C=O) groups excluding carboxylic acids is 1. The number of hydrogen-bond donors (Lipinski definition) is 3. The van der Waals surface area contributed by atoms with E-state index in [4.69, 9.17) is 5.73 Å². The molecule has 0 saturated heterocycles. The smallest absolute Gasteiger partial charge is 0.228 e. The van der Waals surface area contributed by atoms with Gasteiger partial charge in [0, 0.05) is 5.69 Å². The van der Waals surface area contributed by atoms with E-state index in [-0.39, 0.29) is 5.91 Å². The first-order valence-corrected chi connectivity index (χ1v) is 6.62. The van der Waals surface area contributed by atoms with E-state index in [2.05, 4.69) is 22.8 Å². The second-order valence-electron chi connectivity index (χ2n) is 4.71. The topological polar surface area (TPSA) is 67.1 Å². The quantitative estimate of drug-likeness (QED) is 0.631. The highest BCUT2D eigenvalue weighted by Crippen LogP contribution is 2.23. The molecule has 4 nitrogen and oxygen atoms in total. The van der Waals surface area contributed by atoms with Crippen LogP contribution in [0.25, 0.3) is 0 Å². The Morgan fingerprint density at radius 1 is 1.28 bits per heavy atom. The number of unbranched alkanes of at least 4 members (excludes halogenated alkanes) is 1. The molecule has 1 amide bonds. The fraction of sp³-hybridized carbons (Fsp3) is 0.500. The molecule has 0 aromatic heterocycles. The van der Waals surface area contributed by atoms with Crippen LogP contribution in [-0.2, 0) is 17.6 Å². The summed E-state index contributed by atoms with van der Waals surface area (Å²) in [5.74, 6) is 0.0991. The molecule has 1 aliphatic rings. The van der Waals surface area contributed by atoms with Crippen molar-refractivity contribution in [3.63, 3.8) is 0 Å². The summed E-state index contributed by atoms with van der Waals surface area (Å²) in [7, 11) is 0. The van der Waals surface area contributed by atoms with Crippen molar-refractivity contribution in [1.82, 2.24) is 5.32 Å². The van der Waals surface area contributed by atoms with Gasteiger partial charge in [-0.1, -0.05) is 12.1 Å². The maximum Gasteiger partial charge on any atom is 0.228 e. The van der Waals surface area contributed by atoms with Crippen LogP contribution in [-0.4, -0.2) is 25.5 Å². The van der Waals surface area contributed by atoms with Crippen LogP contribution in [0.2, 0.25) is 0 Å². The summed E-state index contributed by atoms with van der Waals surface area (Å²) in [5, 5.41) is 6.26. The molecule has 1 aliphatic heterocycles. The third kappa shape index (κ3) is 3.55. The summed E-state index contributed by atoms with van der Waals surface area (Å²) in [6, 6.07) is 6.23. The highest BCUT2D eigenvalue weighted by atomic mass is 16.1. The lowest BCUT2D eigenvalue weighted by Gasteiger charge is -2.06. The highest BCUT2D eigenvalue weighted by Gasteiger charge is 2.16. The molecule has 4 heteroatoms. The van der Waals surface area contributed by atoms with Crippen LogP contribution >= 0.6 is 0 Å². The molecule has 0 radical (unpaired) electrons. The van der Waals surface area contributed by atoms with Crippen LogP contribution in [0.3, 0.4) is 0 Å². The molecule has 0 spiro atoms. The number of amides is 1. The third-order valence-corrected chi connectivity index (χ3v) is 3.19. The monoisotopic (exact) mass is 247 g/mol. The van der Waals surface area contributed by atoms with Gasteiger partial charge in [0.2, 0.25) is 5.91 Å². The second-order valence-corrected chi connectivity index (χ2v) is 4.71. The van der Waals surface area contributed by atoms with Gasteiger partial charge in [-0.25, -0.2) is 0 Å². The number of anilines is 1. The van der Waals surface area contributed by atoms with E-state index in [9.17, 15) is 4.79 Å². The van der Waals surface area contributed by atoms with E-state index >= 15 is 0 Å². The zero-order chi connectivity index (χ0) is 12.8. The standard InChI is InChI=1S/C14H21N3O/c15-6-1-2-7-16-8-5-11-3-4-13-12(9-11)10-14(18)17-13/h3-4,9,16H,1-2,5-8,10,15H2,(H,17,18). The minimum Gasteiger partial charge on any atom is -0.330 e. The molecule has 0 unspecified atom stereocenters. The number of carbonyl (C=O) groups is 1. The molecule has 2 rings (SSSR count). The van der Waals surface area contributed by atoms with Crippen LogP contribution < -0.4 is 16.4 Å². The largest absolute Gasteiger partial charge is 0.330 e. The van der Waals surface area contributed by atoms with E-state index in [0.717, 1.165) is 50.1 Å². The van der Waals surface area contributed by atoms with Crippen LogP contribution in [0, 0.1) is 0 Å². The Kier molecular flexibility index (Phi) is 4.73. The molecule has 0 aliphatic carbocycles. The van der Waals surface area contributed by atoms with Crippen LogP contribution in [0.5, 0.6) is 0 Å². The van der Waals surface area contributed by atoms with Crippen molar-refractivity contribution in [2.24, 2.45) is 5.73 Å². The first-order valence-electron chi connectivity index (χ1n) is 6.62. The van der Waals surface area contributed by atoms with Gasteiger partial charge in [0.25, 0.3) is 0 Å². The predicted octanol–water partition coefficient (Wildman–Crippen LogP) is 1.05. The molecule has 18 heavy (non-hydrogen) atoms. The second kappa shape index (κ2) is 6.52. The van der Waals surface area contributed by atoms with Crippen molar-refractivity contribution in [3.05, 3.63) is 29.3 Å². The SMILES string of the molecule is NCCCCNCCc1ccc2c(c1)CC(=O)N2. The molecule has 0 fully saturated rings.